The molecule has 10 heteroatoms. The number of thioether (sulfide) groups is 1. The van der Waals surface area contributed by atoms with Crippen molar-refractivity contribution in [2.24, 2.45) is 0 Å². The predicted octanol–water partition coefficient (Wildman–Crippen LogP) is 4.14. The van der Waals surface area contributed by atoms with Crippen LogP contribution in [0.2, 0.25) is 0 Å². The molecule has 0 aliphatic rings. The number of nitrogens with two attached hydrogens (primary N) is 1. The van der Waals surface area contributed by atoms with Gasteiger partial charge >= 0.3 is 5.97 Å². The summed E-state index contributed by atoms with van der Waals surface area (Å²) in [5.74, 6) is -0.709. The van der Waals surface area contributed by atoms with Crippen LogP contribution in [0.3, 0.4) is 0 Å². The van der Waals surface area contributed by atoms with Crippen LogP contribution in [0, 0.1) is 0 Å². The van der Waals surface area contributed by atoms with E-state index in [2.05, 4.69) is 15.5 Å². The minimum atomic E-state index is -0.464. The fourth-order valence-electron chi connectivity index (χ4n) is 2.28. The van der Waals surface area contributed by atoms with Gasteiger partial charge in [0.1, 0.15) is 5.00 Å². The molecule has 0 aliphatic heterocycles. The zero-order valence-corrected chi connectivity index (χ0v) is 17.6. The first-order chi connectivity index (χ1) is 13.5. The number of ether oxygens (including phenoxy) is 1. The first-order valence-electron chi connectivity index (χ1n) is 8.40. The van der Waals surface area contributed by atoms with Crippen molar-refractivity contribution in [2.75, 3.05) is 17.7 Å². The summed E-state index contributed by atoms with van der Waals surface area (Å²) in [7, 11) is 0. The topological polar surface area (TPSA) is 107 Å². The van der Waals surface area contributed by atoms with E-state index in [9.17, 15) is 9.59 Å². The molecule has 0 aliphatic carbocycles. The van der Waals surface area contributed by atoms with Crippen LogP contribution in [0.1, 0.15) is 24.2 Å². The zero-order chi connectivity index (χ0) is 20.1. The molecule has 3 aromatic rings. The van der Waals surface area contributed by atoms with Gasteiger partial charge < -0.3 is 15.8 Å². The van der Waals surface area contributed by atoms with E-state index in [1.807, 2.05) is 30.3 Å². The Bertz CT molecular complexity index is 972. The third-order valence-corrected chi connectivity index (χ3v) is 6.63. The number of benzene rings is 1. The molecule has 1 amide bonds. The summed E-state index contributed by atoms with van der Waals surface area (Å²) in [6.07, 6.45) is 0. The average Bonchev–Trinajstić information content (AvgIpc) is 3.29. The van der Waals surface area contributed by atoms with Gasteiger partial charge in [0, 0.05) is 4.88 Å². The number of nitrogen functional groups attached to an aromatic ring is 1. The smallest absolute Gasteiger partial charge is 0.341 e. The summed E-state index contributed by atoms with van der Waals surface area (Å²) in [4.78, 5) is 25.9. The molecule has 3 N–H and O–H groups in total. The standard InChI is InChI=1S/C18H18N4O3S3/c1-3-25-16(24)12-9-13(11-7-5-4-6-8-11)27-15(12)20-14(23)10(2)26-18-22-21-17(19)28-18/h4-10H,3H2,1-2H3,(H2,19,21)(H,20,23)/t10-/m1/s1. The van der Waals surface area contributed by atoms with E-state index in [-0.39, 0.29) is 12.5 Å². The number of nitrogens with zero attached hydrogens (tertiary/aromatic N) is 2. The quantitative estimate of drug-likeness (QED) is 0.425. The van der Waals surface area contributed by atoms with E-state index < -0.39 is 11.2 Å². The molecule has 2 aromatic heterocycles. The van der Waals surface area contributed by atoms with Gasteiger partial charge in [-0.05, 0) is 25.5 Å². The normalized spacial score (nSPS) is 11.8. The highest BCUT2D eigenvalue weighted by Gasteiger charge is 2.23. The number of carbonyl (C=O) groups is 2. The molecule has 146 valence electrons. The average molecular weight is 435 g/mol. The van der Waals surface area contributed by atoms with Crippen LogP contribution in [-0.4, -0.2) is 33.9 Å². The van der Waals surface area contributed by atoms with E-state index in [4.69, 9.17) is 10.5 Å². The number of aromatic nitrogens is 2. The lowest BCUT2D eigenvalue weighted by molar-refractivity contribution is -0.115. The molecule has 1 aromatic carbocycles. The molecular weight excluding hydrogens is 416 g/mol. The van der Waals surface area contributed by atoms with Crippen LogP contribution in [0.5, 0.6) is 0 Å². The minimum absolute atomic E-state index is 0.245. The van der Waals surface area contributed by atoms with Crippen molar-refractivity contribution in [1.29, 1.82) is 0 Å². The second-order valence-corrected chi connectivity index (χ2v) is 9.24. The molecular formula is C18H18N4O3S3. The molecule has 7 nitrogen and oxygen atoms in total. The van der Waals surface area contributed by atoms with Crippen LogP contribution in [0.15, 0.2) is 40.7 Å². The zero-order valence-electron chi connectivity index (χ0n) is 15.2. The highest BCUT2D eigenvalue weighted by atomic mass is 32.2. The Labute approximate surface area is 174 Å². The molecule has 0 saturated heterocycles. The maximum absolute atomic E-state index is 12.6. The maximum Gasteiger partial charge on any atom is 0.341 e. The lowest BCUT2D eigenvalue weighted by Crippen LogP contribution is -2.23. The highest BCUT2D eigenvalue weighted by Crippen LogP contribution is 2.36. The summed E-state index contributed by atoms with van der Waals surface area (Å²) in [5, 5.41) is 10.9. The summed E-state index contributed by atoms with van der Waals surface area (Å²) in [6, 6.07) is 11.4. The van der Waals surface area contributed by atoms with E-state index in [1.54, 1.807) is 19.9 Å². The molecule has 0 spiro atoms. The Morgan fingerprint density at radius 1 is 1.25 bits per heavy atom. The van der Waals surface area contributed by atoms with Crippen LogP contribution in [0.4, 0.5) is 10.1 Å². The highest BCUT2D eigenvalue weighted by molar-refractivity contribution is 8.02. The number of anilines is 2. The fraction of sp³-hybridized carbons (Fsp3) is 0.222. The van der Waals surface area contributed by atoms with Crippen LogP contribution < -0.4 is 11.1 Å². The van der Waals surface area contributed by atoms with Gasteiger partial charge in [-0.15, -0.1) is 21.5 Å². The minimum Gasteiger partial charge on any atom is -0.462 e. The van der Waals surface area contributed by atoms with Crippen molar-refractivity contribution in [3.05, 3.63) is 42.0 Å². The van der Waals surface area contributed by atoms with Gasteiger partial charge in [-0.25, -0.2) is 4.79 Å². The number of esters is 1. The maximum atomic E-state index is 12.6. The third kappa shape index (κ3) is 4.89. The predicted molar refractivity (Wildman–Crippen MR) is 114 cm³/mol. The Morgan fingerprint density at radius 2 is 2.00 bits per heavy atom. The number of rotatable bonds is 7. The van der Waals surface area contributed by atoms with E-state index in [1.165, 1.54) is 34.4 Å². The van der Waals surface area contributed by atoms with Gasteiger partial charge in [-0.3, -0.25) is 4.79 Å². The lowest BCUT2D eigenvalue weighted by atomic mass is 10.1. The molecule has 2 heterocycles. The molecule has 0 unspecified atom stereocenters. The summed E-state index contributed by atoms with van der Waals surface area (Å²) in [6.45, 7) is 3.76. The van der Waals surface area contributed by atoms with Crippen molar-refractivity contribution >= 4 is 56.4 Å². The molecule has 3 rings (SSSR count). The Kier molecular flexibility index (Phi) is 6.65. The lowest BCUT2D eigenvalue weighted by Gasteiger charge is -2.10. The number of amides is 1. The largest absolute Gasteiger partial charge is 0.462 e. The van der Waals surface area contributed by atoms with Gasteiger partial charge in [-0.1, -0.05) is 53.4 Å². The first kappa shape index (κ1) is 20.3. The van der Waals surface area contributed by atoms with Gasteiger partial charge in [-0.2, -0.15) is 0 Å². The van der Waals surface area contributed by atoms with Gasteiger partial charge in [0.2, 0.25) is 11.0 Å². The Balaban J connectivity index is 1.81. The van der Waals surface area contributed by atoms with Crippen LogP contribution in [-0.2, 0) is 9.53 Å². The molecule has 0 bridgehead atoms. The number of hydrogen-bond acceptors (Lipinski definition) is 9. The monoisotopic (exact) mass is 434 g/mol. The molecule has 28 heavy (non-hydrogen) atoms. The third-order valence-electron chi connectivity index (χ3n) is 3.59. The molecule has 0 radical (unpaired) electrons. The van der Waals surface area contributed by atoms with Crippen molar-refractivity contribution in [3.63, 3.8) is 0 Å². The summed E-state index contributed by atoms with van der Waals surface area (Å²) in [5.41, 5.74) is 6.88. The van der Waals surface area contributed by atoms with Gasteiger partial charge in [0.25, 0.3) is 0 Å². The summed E-state index contributed by atoms with van der Waals surface area (Å²) >= 11 is 3.82. The van der Waals surface area contributed by atoms with E-state index in [0.717, 1.165) is 10.4 Å². The van der Waals surface area contributed by atoms with Crippen molar-refractivity contribution in [3.8, 4) is 10.4 Å². The van der Waals surface area contributed by atoms with Crippen LogP contribution in [0.25, 0.3) is 10.4 Å². The second-order valence-electron chi connectivity index (χ2n) is 5.60. The van der Waals surface area contributed by atoms with Crippen molar-refractivity contribution in [1.82, 2.24) is 10.2 Å². The van der Waals surface area contributed by atoms with Crippen molar-refractivity contribution < 1.29 is 14.3 Å². The fourth-order valence-corrected chi connectivity index (χ4v) is 5.11. The number of carbonyl (C=O) groups excluding carboxylic acids is 2. The molecule has 1 atom stereocenters. The van der Waals surface area contributed by atoms with E-state index in [0.29, 0.717) is 20.0 Å². The molecule has 0 saturated carbocycles. The second kappa shape index (κ2) is 9.18. The van der Waals surface area contributed by atoms with E-state index >= 15 is 0 Å². The molecule has 0 fully saturated rings. The Morgan fingerprint density at radius 3 is 2.64 bits per heavy atom. The van der Waals surface area contributed by atoms with Gasteiger partial charge in [0.15, 0.2) is 4.34 Å². The van der Waals surface area contributed by atoms with Crippen LogP contribution >= 0.6 is 34.4 Å². The SMILES string of the molecule is CCOC(=O)c1cc(-c2ccccc2)sc1NC(=O)[C@@H](C)Sc1nnc(N)s1. The first-order valence-corrected chi connectivity index (χ1v) is 10.9. The van der Waals surface area contributed by atoms with Crippen molar-refractivity contribution in [2.45, 2.75) is 23.4 Å². The summed E-state index contributed by atoms with van der Waals surface area (Å²) < 4.78 is 5.75. The Hall–Kier alpha value is -2.43. The number of nitrogens with one attached hydrogen (secondary N) is 1. The number of thiophene rings is 1. The van der Waals surface area contributed by atoms with Gasteiger partial charge in [0.05, 0.1) is 17.4 Å². The number of hydrogen-bond donors (Lipinski definition) is 2.